The van der Waals surface area contributed by atoms with E-state index in [0.29, 0.717) is 13.1 Å². The number of anilines is 1. The highest BCUT2D eigenvalue weighted by molar-refractivity contribution is 14.0. The van der Waals surface area contributed by atoms with Gasteiger partial charge >= 0.3 is 0 Å². The Balaban J connectivity index is 0.00000450. The van der Waals surface area contributed by atoms with Crippen LogP contribution in [0.5, 0.6) is 11.5 Å². The first kappa shape index (κ1) is 26.1. The van der Waals surface area contributed by atoms with E-state index in [4.69, 9.17) is 9.47 Å². The van der Waals surface area contributed by atoms with Crippen molar-refractivity contribution in [2.24, 2.45) is 10.4 Å². The summed E-state index contributed by atoms with van der Waals surface area (Å²) in [6.45, 7) is 8.67. The molecule has 8 nitrogen and oxygen atoms in total. The molecule has 1 aromatic carbocycles. The Morgan fingerprint density at radius 3 is 2.27 bits per heavy atom. The molecule has 0 saturated carbocycles. The largest absolute Gasteiger partial charge is 0.497 e. The number of nitrogens with zero attached hydrogens (tertiary/aromatic N) is 2. The highest BCUT2D eigenvalue weighted by atomic mass is 127. The van der Waals surface area contributed by atoms with Crippen molar-refractivity contribution < 1.29 is 14.3 Å². The van der Waals surface area contributed by atoms with Gasteiger partial charge in [0.05, 0.1) is 14.2 Å². The molecule has 1 aliphatic rings. The molecule has 9 heteroatoms. The van der Waals surface area contributed by atoms with Crippen molar-refractivity contribution in [3.8, 4) is 11.5 Å². The fourth-order valence-electron chi connectivity index (χ4n) is 3.10. The molecule has 2 rings (SSSR count). The lowest BCUT2D eigenvalue weighted by atomic mass is 9.96. The second-order valence-corrected chi connectivity index (χ2v) is 8.15. The third-order valence-electron chi connectivity index (χ3n) is 4.84. The van der Waals surface area contributed by atoms with E-state index in [0.717, 1.165) is 42.7 Å². The van der Waals surface area contributed by atoms with Gasteiger partial charge in [-0.1, -0.05) is 20.8 Å². The van der Waals surface area contributed by atoms with Gasteiger partial charge in [0.25, 0.3) is 0 Å². The van der Waals surface area contributed by atoms with Crippen molar-refractivity contribution in [3.63, 3.8) is 0 Å². The predicted octanol–water partition coefficient (Wildman–Crippen LogP) is 2.23. The van der Waals surface area contributed by atoms with E-state index in [-0.39, 0.29) is 41.3 Å². The molecule has 0 aliphatic carbocycles. The number of hydrogen-bond acceptors (Lipinski definition) is 5. The molecule has 1 fully saturated rings. The molecule has 1 aromatic rings. The predicted molar refractivity (Wildman–Crippen MR) is 133 cm³/mol. The number of hydrogen-bond donors (Lipinski definition) is 3. The molecule has 1 aliphatic heterocycles. The molecule has 1 atom stereocenters. The maximum atomic E-state index is 11.9. The molecule has 1 heterocycles. The summed E-state index contributed by atoms with van der Waals surface area (Å²) in [6, 6.07) is 6.20. The quantitative estimate of drug-likeness (QED) is 0.216. The van der Waals surface area contributed by atoms with E-state index >= 15 is 0 Å². The van der Waals surface area contributed by atoms with Crippen LogP contribution in [-0.2, 0) is 4.79 Å². The maximum Gasteiger partial charge on any atom is 0.225 e. The fourth-order valence-corrected chi connectivity index (χ4v) is 3.10. The summed E-state index contributed by atoms with van der Waals surface area (Å²) < 4.78 is 10.8. The molecule has 170 valence electrons. The lowest BCUT2D eigenvalue weighted by Crippen LogP contribution is -2.47. The van der Waals surface area contributed by atoms with Gasteiger partial charge in [-0.2, -0.15) is 0 Å². The second kappa shape index (κ2) is 12.1. The summed E-state index contributed by atoms with van der Waals surface area (Å²) in [5.41, 5.74) is 0.703. The molecular formula is C21H36IN5O3. The molecule has 0 bridgehead atoms. The van der Waals surface area contributed by atoms with Gasteiger partial charge in [0.1, 0.15) is 11.5 Å². The Labute approximate surface area is 197 Å². The minimum Gasteiger partial charge on any atom is -0.497 e. The zero-order chi connectivity index (χ0) is 21.4. The summed E-state index contributed by atoms with van der Waals surface area (Å²) in [7, 11) is 5.07. The SMILES string of the molecule is CN=C(NCCNC(=O)C(C)(C)C)NC1CCN(c2cc(OC)cc(OC)c2)C1.I. The lowest BCUT2D eigenvalue weighted by molar-refractivity contribution is -0.128. The van der Waals surface area contributed by atoms with Gasteiger partial charge in [0.15, 0.2) is 5.96 Å². The van der Waals surface area contributed by atoms with Crippen LogP contribution < -0.4 is 30.3 Å². The third-order valence-corrected chi connectivity index (χ3v) is 4.84. The molecule has 1 saturated heterocycles. The van der Waals surface area contributed by atoms with Crippen LogP contribution in [0.4, 0.5) is 5.69 Å². The van der Waals surface area contributed by atoms with Gasteiger partial charge in [-0.15, -0.1) is 24.0 Å². The Bertz CT molecular complexity index is 699. The van der Waals surface area contributed by atoms with Crippen LogP contribution in [0, 0.1) is 5.41 Å². The number of ether oxygens (including phenoxy) is 2. The van der Waals surface area contributed by atoms with Crippen molar-refractivity contribution >= 4 is 41.5 Å². The van der Waals surface area contributed by atoms with Crippen molar-refractivity contribution in [3.05, 3.63) is 18.2 Å². The van der Waals surface area contributed by atoms with Crippen LogP contribution in [0.1, 0.15) is 27.2 Å². The van der Waals surface area contributed by atoms with E-state index in [1.165, 1.54) is 0 Å². The minimum atomic E-state index is -0.379. The Morgan fingerprint density at radius 2 is 1.73 bits per heavy atom. The Hall–Kier alpha value is -1.91. The third kappa shape index (κ3) is 7.73. The summed E-state index contributed by atoms with van der Waals surface area (Å²) in [4.78, 5) is 18.5. The fraction of sp³-hybridized carbons (Fsp3) is 0.619. The van der Waals surface area contributed by atoms with Crippen molar-refractivity contribution in [2.75, 3.05) is 52.3 Å². The number of benzene rings is 1. The number of nitrogens with one attached hydrogen (secondary N) is 3. The number of carbonyl (C=O) groups is 1. The van der Waals surface area contributed by atoms with E-state index in [2.05, 4.69) is 25.8 Å². The number of halogens is 1. The van der Waals surface area contributed by atoms with Crippen LogP contribution in [0.3, 0.4) is 0 Å². The first-order valence-electron chi connectivity index (χ1n) is 10.0. The number of methoxy groups -OCH3 is 2. The summed E-state index contributed by atoms with van der Waals surface area (Å²) in [5, 5.41) is 9.65. The van der Waals surface area contributed by atoms with Crippen LogP contribution in [0.15, 0.2) is 23.2 Å². The molecule has 1 amide bonds. The average Bonchev–Trinajstić information content (AvgIpc) is 3.17. The number of guanidine groups is 1. The first-order valence-corrected chi connectivity index (χ1v) is 10.0. The molecular weight excluding hydrogens is 497 g/mol. The van der Waals surface area contributed by atoms with Gasteiger partial charge in [0, 0.05) is 68.6 Å². The van der Waals surface area contributed by atoms with Crippen molar-refractivity contribution in [1.29, 1.82) is 0 Å². The van der Waals surface area contributed by atoms with Crippen LogP contribution in [0.2, 0.25) is 0 Å². The smallest absolute Gasteiger partial charge is 0.225 e. The first-order chi connectivity index (χ1) is 13.8. The summed E-state index contributed by atoms with van der Waals surface area (Å²) in [6.07, 6.45) is 1.00. The molecule has 0 radical (unpaired) electrons. The van der Waals surface area contributed by atoms with Crippen molar-refractivity contribution in [2.45, 2.75) is 33.2 Å². The molecule has 1 unspecified atom stereocenters. The Kier molecular flexibility index (Phi) is 10.5. The van der Waals surface area contributed by atoms with Crippen LogP contribution >= 0.6 is 24.0 Å². The van der Waals surface area contributed by atoms with E-state index in [9.17, 15) is 4.79 Å². The van der Waals surface area contributed by atoms with Crippen molar-refractivity contribution in [1.82, 2.24) is 16.0 Å². The normalized spacial score (nSPS) is 16.5. The summed E-state index contributed by atoms with van der Waals surface area (Å²) >= 11 is 0. The maximum absolute atomic E-state index is 11.9. The zero-order valence-corrected chi connectivity index (χ0v) is 21.2. The highest BCUT2D eigenvalue weighted by Crippen LogP contribution is 2.30. The number of rotatable bonds is 7. The van der Waals surface area contributed by atoms with E-state index in [1.807, 2.05) is 39.0 Å². The van der Waals surface area contributed by atoms with Gasteiger partial charge in [0.2, 0.25) is 5.91 Å². The van der Waals surface area contributed by atoms with Gasteiger partial charge < -0.3 is 30.3 Å². The molecule has 3 N–H and O–H groups in total. The Morgan fingerprint density at radius 1 is 1.13 bits per heavy atom. The number of amides is 1. The zero-order valence-electron chi connectivity index (χ0n) is 18.9. The topological polar surface area (TPSA) is 87.2 Å². The highest BCUT2D eigenvalue weighted by Gasteiger charge is 2.24. The molecule has 30 heavy (non-hydrogen) atoms. The van der Waals surface area contributed by atoms with Gasteiger partial charge in [-0.25, -0.2) is 0 Å². The lowest BCUT2D eigenvalue weighted by Gasteiger charge is -2.22. The average molecular weight is 533 g/mol. The number of aliphatic imine (C=N–C) groups is 1. The second-order valence-electron chi connectivity index (χ2n) is 8.15. The monoisotopic (exact) mass is 533 g/mol. The van der Waals surface area contributed by atoms with Crippen LogP contribution in [0.25, 0.3) is 0 Å². The molecule has 0 spiro atoms. The molecule has 0 aromatic heterocycles. The van der Waals surface area contributed by atoms with Gasteiger partial charge in [-0.05, 0) is 6.42 Å². The standard InChI is InChI=1S/C21H35N5O3.HI/c1-21(2,3)19(27)23-8-9-24-20(22-4)25-15-7-10-26(14-15)16-11-17(28-5)13-18(12-16)29-6;/h11-13,15H,7-10,14H2,1-6H3,(H,23,27)(H2,22,24,25);1H. The summed E-state index contributed by atoms with van der Waals surface area (Å²) in [5.74, 6) is 2.35. The van der Waals surface area contributed by atoms with Gasteiger partial charge in [-0.3, -0.25) is 9.79 Å². The number of carbonyl (C=O) groups excluding carboxylic acids is 1. The van der Waals surface area contributed by atoms with E-state index < -0.39 is 0 Å². The van der Waals surface area contributed by atoms with Crippen LogP contribution in [-0.4, -0.2) is 65.4 Å². The minimum absolute atomic E-state index is 0. The van der Waals surface area contributed by atoms with E-state index in [1.54, 1.807) is 21.3 Å².